The Morgan fingerprint density at radius 1 is 1.17 bits per heavy atom. The largest absolute Gasteiger partial charge is 0.493 e. The van der Waals surface area contributed by atoms with Gasteiger partial charge in [-0.1, -0.05) is 26.0 Å². The maximum Gasteiger partial charge on any atom is 0.305 e. The van der Waals surface area contributed by atoms with Gasteiger partial charge in [-0.3, -0.25) is 9.59 Å². The summed E-state index contributed by atoms with van der Waals surface area (Å²) >= 11 is 0. The summed E-state index contributed by atoms with van der Waals surface area (Å²) < 4.78 is 5.64. The van der Waals surface area contributed by atoms with E-state index in [-0.39, 0.29) is 12.3 Å². The van der Waals surface area contributed by atoms with Crippen molar-refractivity contribution in [3.8, 4) is 5.75 Å². The van der Waals surface area contributed by atoms with E-state index in [0.717, 1.165) is 11.3 Å². The van der Waals surface area contributed by atoms with Gasteiger partial charge >= 0.3 is 5.97 Å². The highest BCUT2D eigenvalue weighted by Crippen LogP contribution is 2.26. The zero-order valence-electron chi connectivity index (χ0n) is 14.6. The molecule has 1 unspecified atom stereocenters. The number of nitrogens with one attached hydrogen (secondary N) is 1. The van der Waals surface area contributed by atoms with E-state index >= 15 is 0 Å². The van der Waals surface area contributed by atoms with Crippen LogP contribution in [0.4, 0.5) is 0 Å². The molecule has 128 valence electrons. The molecular weight excluding hydrogens is 294 g/mol. The van der Waals surface area contributed by atoms with Crippen LogP contribution in [0.1, 0.15) is 46.6 Å². The van der Waals surface area contributed by atoms with E-state index in [2.05, 4.69) is 19.2 Å². The second-order valence-electron chi connectivity index (χ2n) is 6.83. The summed E-state index contributed by atoms with van der Waals surface area (Å²) in [4.78, 5) is 23.1. The normalized spacial score (nSPS) is 12.8. The second-order valence-corrected chi connectivity index (χ2v) is 6.83. The van der Waals surface area contributed by atoms with Crippen LogP contribution in [0.5, 0.6) is 5.75 Å². The van der Waals surface area contributed by atoms with Crippen molar-refractivity contribution in [3.05, 3.63) is 29.8 Å². The summed E-state index contributed by atoms with van der Waals surface area (Å²) in [6.45, 7) is 10.1. The second kappa shape index (κ2) is 7.99. The maximum absolute atomic E-state index is 12.4. The van der Waals surface area contributed by atoms with E-state index in [1.165, 1.54) is 0 Å². The Hall–Kier alpha value is -2.04. The number of hydrogen-bond acceptors (Lipinski definition) is 3. The Bertz CT molecular complexity index is 534. The smallest absolute Gasteiger partial charge is 0.305 e. The van der Waals surface area contributed by atoms with Crippen molar-refractivity contribution in [2.24, 2.45) is 5.92 Å². The van der Waals surface area contributed by atoms with Crippen LogP contribution in [0.2, 0.25) is 0 Å². The summed E-state index contributed by atoms with van der Waals surface area (Å²) in [5.74, 6) is 0.106. The monoisotopic (exact) mass is 321 g/mol. The zero-order chi connectivity index (χ0) is 17.6. The summed E-state index contributed by atoms with van der Waals surface area (Å²) in [6.07, 6.45) is -0.0935. The molecule has 0 bridgehead atoms. The Balaban J connectivity index is 2.74. The van der Waals surface area contributed by atoms with Crippen molar-refractivity contribution in [1.29, 1.82) is 0 Å². The first kappa shape index (κ1) is 19.0. The molecule has 0 radical (unpaired) electrons. The number of amides is 1. The van der Waals surface area contributed by atoms with Crippen LogP contribution in [0, 0.1) is 5.92 Å². The quantitative estimate of drug-likeness (QED) is 0.772. The van der Waals surface area contributed by atoms with Crippen LogP contribution in [0.15, 0.2) is 24.3 Å². The summed E-state index contributed by atoms with van der Waals surface area (Å²) in [7, 11) is 0. The first-order valence-electron chi connectivity index (χ1n) is 7.89. The number of carboxylic acids is 1. The maximum atomic E-state index is 12.4. The van der Waals surface area contributed by atoms with Gasteiger partial charge in [0.25, 0.3) is 0 Å². The predicted molar refractivity (Wildman–Crippen MR) is 89.7 cm³/mol. The van der Waals surface area contributed by atoms with Crippen LogP contribution in [0.25, 0.3) is 0 Å². The van der Waals surface area contributed by atoms with Gasteiger partial charge in [-0.2, -0.15) is 0 Å². The molecule has 1 aromatic rings. The zero-order valence-corrected chi connectivity index (χ0v) is 14.6. The fraction of sp³-hybridized carbons (Fsp3) is 0.556. The highest BCUT2D eigenvalue weighted by molar-refractivity contribution is 5.87. The lowest BCUT2D eigenvalue weighted by Crippen LogP contribution is -2.44. The van der Waals surface area contributed by atoms with Gasteiger partial charge in [-0.25, -0.2) is 0 Å². The average Bonchev–Trinajstić information content (AvgIpc) is 2.44. The molecular formula is C18H27NO4. The molecule has 0 aromatic heterocycles. The minimum Gasteiger partial charge on any atom is -0.493 e. The fourth-order valence-electron chi connectivity index (χ4n) is 2.08. The first-order valence-corrected chi connectivity index (χ1v) is 7.89. The number of carbonyl (C=O) groups is 2. The summed E-state index contributed by atoms with van der Waals surface area (Å²) in [5.41, 5.74) is 0.109. The van der Waals surface area contributed by atoms with E-state index < -0.39 is 17.4 Å². The standard InChI is InChI=1S/C18H27NO4/c1-12(2)11-23-15-8-6-14(7-9-15)18(4,5)17(22)19-13(3)10-16(20)21/h6-9,12-13H,10-11H2,1-5H3,(H,19,22)(H,20,21). The third-order valence-corrected chi connectivity index (χ3v) is 3.59. The minimum atomic E-state index is -0.928. The summed E-state index contributed by atoms with van der Waals surface area (Å²) in [5, 5.41) is 11.5. The molecule has 0 aliphatic carbocycles. The van der Waals surface area contributed by atoms with Crippen molar-refractivity contribution in [1.82, 2.24) is 5.32 Å². The lowest BCUT2D eigenvalue weighted by molar-refractivity contribution is -0.137. The Kier molecular flexibility index (Phi) is 6.61. The van der Waals surface area contributed by atoms with Gasteiger partial charge in [-0.15, -0.1) is 0 Å². The molecule has 5 nitrogen and oxygen atoms in total. The van der Waals surface area contributed by atoms with Crippen molar-refractivity contribution < 1.29 is 19.4 Å². The van der Waals surface area contributed by atoms with Gasteiger partial charge in [-0.05, 0) is 44.4 Å². The van der Waals surface area contributed by atoms with Crippen molar-refractivity contribution in [3.63, 3.8) is 0 Å². The molecule has 2 N–H and O–H groups in total. The molecule has 0 aliphatic rings. The van der Waals surface area contributed by atoms with Gasteiger partial charge in [0.2, 0.25) is 5.91 Å². The number of carbonyl (C=O) groups excluding carboxylic acids is 1. The molecule has 5 heteroatoms. The number of carboxylic acid groups (broad SMARTS) is 1. The molecule has 0 heterocycles. The molecule has 0 aliphatic heterocycles. The van der Waals surface area contributed by atoms with Gasteiger partial charge in [0.1, 0.15) is 5.75 Å². The number of hydrogen-bond donors (Lipinski definition) is 2. The fourth-order valence-corrected chi connectivity index (χ4v) is 2.08. The van der Waals surface area contributed by atoms with E-state index in [1.54, 1.807) is 6.92 Å². The molecule has 1 rings (SSSR count). The van der Waals surface area contributed by atoms with Gasteiger partial charge in [0.15, 0.2) is 0 Å². The van der Waals surface area contributed by atoms with Crippen LogP contribution in [0.3, 0.4) is 0 Å². The number of ether oxygens (including phenoxy) is 1. The van der Waals surface area contributed by atoms with Crippen LogP contribution in [-0.4, -0.2) is 29.6 Å². The molecule has 0 spiro atoms. The highest BCUT2D eigenvalue weighted by atomic mass is 16.5. The van der Waals surface area contributed by atoms with Gasteiger partial charge in [0.05, 0.1) is 18.4 Å². The predicted octanol–water partition coefficient (Wildman–Crippen LogP) is 2.98. The number of benzene rings is 1. The molecule has 0 fully saturated rings. The van der Waals surface area contributed by atoms with E-state index in [0.29, 0.717) is 12.5 Å². The highest BCUT2D eigenvalue weighted by Gasteiger charge is 2.30. The Labute approximate surface area is 138 Å². The van der Waals surface area contributed by atoms with Crippen molar-refractivity contribution in [2.45, 2.75) is 52.5 Å². The molecule has 1 aromatic carbocycles. The van der Waals surface area contributed by atoms with Crippen molar-refractivity contribution >= 4 is 11.9 Å². The third kappa shape index (κ3) is 5.93. The molecule has 1 atom stereocenters. The van der Waals surface area contributed by atoms with Crippen LogP contribution < -0.4 is 10.1 Å². The lowest BCUT2D eigenvalue weighted by atomic mass is 9.83. The summed E-state index contributed by atoms with van der Waals surface area (Å²) in [6, 6.07) is 7.04. The minimum absolute atomic E-state index is 0.0935. The van der Waals surface area contributed by atoms with Crippen LogP contribution >= 0.6 is 0 Å². The van der Waals surface area contributed by atoms with Crippen molar-refractivity contribution in [2.75, 3.05) is 6.61 Å². The average molecular weight is 321 g/mol. The van der Waals surface area contributed by atoms with Gasteiger partial charge < -0.3 is 15.2 Å². The Morgan fingerprint density at radius 3 is 2.22 bits per heavy atom. The molecule has 0 saturated carbocycles. The van der Waals surface area contributed by atoms with E-state index in [9.17, 15) is 9.59 Å². The molecule has 23 heavy (non-hydrogen) atoms. The first-order chi connectivity index (χ1) is 10.6. The third-order valence-electron chi connectivity index (χ3n) is 3.59. The molecule has 0 saturated heterocycles. The number of aliphatic carboxylic acids is 1. The van der Waals surface area contributed by atoms with Gasteiger partial charge in [0, 0.05) is 6.04 Å². The number of rotatable bonds is 8. The van der Waals surface area contributed by atoms with E-state index in [1.807, 2.05) is 38.1 Å². The van der Waals surface area contributed by atoms with E-state index in [4.69, 9.17) is 9.84 Å². The Morgan fingerprint density at radius 2 is 1.74 bits per heavy atom. The molecule has 1 amide bonds. The van der Waals surface area contributed by atoms with Crippen LogP contribution in [-0.2, 0) is 15.0 Å². The SMILES string of the molecule is CC(C)COc1ccc(C(C)(C)C(=O)NC(C)CC(=O)O)cc1. The topological polar surface area (TPSA) is 75.6 Å². The lowest BCUT2D eigenvalue weighted by Gasteiger charge is -2.26.